The third-order valence-electron chi connectivity index (χ3n) is 4.10. The predicted molar refractivity (Wildman–Crippen MR) is 77.6 cm³/mol. The van der Waals surface area contributed by atoms with Gasteiger partial charge in [-0.3, -0.25) is 9.69 Å². The van der Waals surface area contributed by atoms with E-state index in [0.717, 1.165) is 32.1 Å². The quantitative estimate of drug-likeness (QED) is 0.829. The van der Waals surface area contributed by atoms with E-state index in [1.165, 1.54) is 31.5 Å². The van der Waals surface area contributed by atoms with Gasteiger partial charge in [-0.05, 0) is 30.9 Å². The molecule has 2 fully saturated rings. The molecule has 1 heterocycles. The van der Waals surface area contributed by atoms with Crippen LogP contribution in [0.25, 0.3) is 0 Å². The van der Waals surface area contributed by atoms with Crippen molar-refractivity contribution in [3.8, 4) is 5.75 Å². The van der Waals surface area contributed by atoms with Gasteiger partial charge in [0.15, 0.2) is 6.61 Å². The van der Waals surface area contributed by atoms with Gasteiger partial charge >= 0.3 is 0 Å². The van der Waals surface area contributed by atoms with Gasteiger partial charge in [-0.2, -0.15) is 0 Å². The van der Waals surface area contributed by atoms with E-state index in [1.807, 2.05) is 4.90 Å². The summed E-state index contributed by atoms with van der Waals surface area (Å²) in [5.74, 6) is 0.915. The van der Waals surface area contributed by atoms with E-state index < -0.39 is 0 Å². The SMILES string of the molecule is O=C(COc1cccc(F)c1)N1CCN(CC2CC2)CC1. The van der Waals surface area contributed by atoms with Crippen LogP contribution in [-0.4, -0.2) is 55.0 Å². The summed E-state index contributed by atoms with van der Waals surface area (Å²) in [7, 11) is 0. The summed E-state index contributed by atoms with van der Waals surface area (Å²) in [5.41, 5.74) is 0. The lowest BCUT2D eigenvalue weighted by Gasteiger charge is -2.34. The standard InChI is InChI=1S/C16H21FN2O2/c17-14-2-1-3-15(10-14)21-12-16(20)19-8-6-18(7-9-19)11-13-4-5-13/h1-3,10,13H,4-9,11-12H2. The zero-order valence-electron chi connectivity index (χ0n) is 12.1. The Balaban J connectivity index is 1.41. The number of hydrogen-bond donors (Lipinski definition) is 0. The van der Waals surface area contributed by atoms with Crippen LogP contribution in [0, 0.1) is 11.7 Å². The molecule has 4 nitrogen and oxygen atoms in total. The lowest BCUT2D eigenvalue weighted by Crippen LogP contribution is -2.50. The number of piperazine rings is 1. The van der Waals surface area contributed by atoms with Gasteiger partial charge in [0.1, 0.15) is 11.6 Å². The number of carbonyl (C=O) groups is 1. The Hall–Kier alpha value is -1.62. The molecule has 0 bridgehead atoms. The van der Waals surface area contributed by atoms with Gasteiger partial charge in [0.2, 0.25) is 0 Å². The second-order valence-corrected chi connectivity index (χ2v) is 5.87. The number of ether oxygens (including phenoxy) is 1. The number of hydrogen-bond acceptors (Lipinski definition) is 3. The zero-order valence-corrected chi connectivity index (χ0v) is 12.1. The monoisotopic (exact) mass is 292 g/mol. The lowest BCUT2D eigenvalue weighted by molar-refractivity contribution is -0.135. The molecule has 1 aromatic carbocycles. The Morgan fingerprint density at radius 1 is 1.24 bits per heavy atom. The lowest BCUT2D eigenvalue weighted by atomic mass is 10.3. The molecule has 21 heavy (non-hydrogen) atoms. The fraction of sp³-hybridized carbons (Fsp3) is 0.562. The van der Waals surface area contributed by atoms with Crippen LogP contribution in [0.5, 0.6) is 5.75 Å². The molecule has 0 radical (unpaired) electrons. The number of carbonyl (C=O) groups excluding carboxylic acids is 1. The zero-order chi connectivity index (χ0) is 14.7. The van der Waals surface area contributed by atoms with E-state index in [1.54, 1.807) is 12.1 Å². The molecular weight excluding hydrogens is 271 g/mol. The third kappa shape index (κ3) is 4.17. The minimum absolute atomic E-state index is 0.0217. The van der Waals surface area contributed by atoms with Crippen molar-refractivity contribution in [3.63, 3.8) is 0 Å². The Labute approximate surface area is 124 Å². The summed E-state index contributed by atoms with van der Waals surface area (Å²) in [6, 6.07) is 5.88. The summed E-state index contributed by atoms with van der Waals surface area (Å²) in [5, 5.41) is 0. The van der Waals surface area contributed by atoms with Crippen molar-refractivity contribution in [3.05, 3.63) is 30.1 Å². The molecule has 5 heteroatoms. The minimum atomic E-state index is -0.353. The van der Waals surface area contributed by atoms with Gasteiger partial charge in [-0.15, -0.1) is 0 Å². The average molecular weight is 292 g/mol. The Morgan fingerprint density at radius 3 is 2.67 bits per heavy atom. The van der Waals surface area contributed by atoms with Crippen molar-refractivity contribution in [1.82, 2.24) is 9.80 Å². The first-order valence-corrected chi connectivity index (χ1v) is 7.59. The van der Waals surface area contributed by atoms with Crippen LogP contribution < -0.4 is 4.74 Å². The van der Waals surface area contributed by atoms with Crippen molar-refractivity contribution in [2.45, 2.75) is 12.8 Å². The van der Waals surface area contributed by atoms with Crippen molar-refractivity contribution in [1.29, 1.82) is 0 Å². The predicted octanol–water partition coefficient (Wildman–Crippen LogP) is 1.76. The van der Waals surface area contributed by atoms with E-state index >= 15 is 0 Å². The summed E-state index contributed by atoms with van der Waals surface area (Å²) in [4.78, 5) is 16.4. The van der Waals surface area contributed by atoms with Gasteiger partial charge in [-0.25, -0.2) is 4.39 Å². The molecule has 1 aliphatic heterocycles. The van der Waals surface area contributed by atoms with Crippen molar-refractivity contribution in [2.75, 3.05) is 39.3 Å². The van der Waals surface area contributed by atoms with E-state index in [0.29, 0.717) is 5.75 Å². The minimum Gasteiger partial charge on any atom is -0.484 e. The summed E-state index contributed by atoms with van der Waals surface area (Å²) in [6.45, 7) is 4.58. The van der Waals surface area contributed by atoms with Gasteiger partial charge in [0.05, 0.1) is 0 Å². The highest BCUT2D eigenvalue weighted by Crippen LogP contribution is 2.29. The molecule has 3 rings (SSSR count). The van der Waals surface area contributed by atoms with Crippen LogP contribution in [0.15, 0.2) is 24.3 Å². The summed E-state index contributed by atoms with van der Waals surface area (Å²) < 4.78 is 18.4. The molecule has 1 saturated heterocycles. The van der Waals surface area contributed by atoms with Crippen molar-refractivity contribution >= 4 is 5.91 Å². The second-order valence-electron chi connectivity index (χ2n) is 5.87. The Bertz CT molecular complexity index is 497. The fourth-order valence-corrected chi connectivity index (χ4v) is 2.64. The van der Waals surface area contributed by atoms with Gasteiger partial charge < -0.3 is 9.64 Å². The molecule has 114 valence electrons. The highest BCUT2D eigenvalue weighted by Gasteiger charge is 2.27. The van der Waals surface area contributed by atoms with Crippen molar-refractivity contribution < 1.29 is 13.9 Å². The van der Waals surface area contributed by atoms with Gasteiger partial charge in [0, 0.05) is 38.8 Å². The fourth-order valence-electron chi connectivity index (χ4n) is 2.64. The normalized spacial score (nSPS) is 19.6. The van der Waals surface area contributed by atoms with Crippen LogP contribution >= 0.6 is 0 Å². The second kappa shape index (κ2) is 6.43. The van der Waals surface area contributed by atoms with Crippen LogP contribution in [0.2, 0.25) is 0 Å². The molecule has 0 atom stereocenters. The number of rotatable bonds is 5. The summed E-state index contributed by atoms with van der Waals surface area (Å²) >= 11 is 0. The smallest absolute Gasteiger partial charge is 0.260 e. The Kier molecular flexibility index (Phi) is 4.39. The van der Waals surface area contributed by atoms with Crippen LogP contribution in [0.1, 0.15) is 12.8 Å². The number of halogens is 1. The first kappa shape index (κ1) is 14.3. The van der Waals surface area contributed by atoms with E-state index in [9.17, 15) is 9.18 Å². The number of amides is 1. The summed E-state index contributed by atoms with van der Waals surface area (Å²) in [6.07, 6.45) is 2.72. The van der Waals surface area contributed by atoms with Crippen LogP contribution in [0.3, 0.4) is 0 Å². The van der Waals surface area contributed by atoms with E-state index in [2.05, 4.69) is 4.90 Å². The first-order valence-electron chi connectivity index (χ1n) is 7.59. The topological polar surface area (TPSA) is 32.8 Å². The maximum Gasteiger partial charge on any atom is 0.260 e. The molecule has 0 aromatic heterocycles. The molecule has 1 saturated carbocycles. The highest BCUT2D eigenvalue weighted by molar-refractivity contribution is 5.77. The molecule has 0 spiro atoms. The highest BCUT2D eigenvalue weighted by atomic mass is 19.1. The number of nitrogens with zero attached hydrogens (tertiary/aromatic N) is 2. The third-order valence-corrected chi connectivity index (χ3v) is 4.10. The Morgan fingerprint density at radius 2 is 2.00 bits per heavy atom. The molecule has 1 amide bonds. The molecule has 2 aliphatic rings. The van der Waals surface area contributed by atoms with Crippen LogP contribution in [0.4, 0.5) is 4.39 Å². The van der Waals surface area contributed by atoms with Gasteiger partial charge in [-0.1, -0.05) is 6.07 Å². The maximum absolute atomic E-state index is 13.0. The van der Waals surface area contributed by atoms with E-state index in [4.69, 9.17) is 4.74 Å². The number of benzene rings is 1. The maximum atomic E-state index is 13.0. The first-order chi connectivity index (χ1) is 10.2. The van der Waals surface area contributed by atoms with Crippen molar-refractivity contribution in [2.24, 2.45) is 5.92 Å². The van der Waals surface area contributed by atoms with Crippen LogP contribution in [-0.2, 0) is 4.79 Å². The van der Waals surface area contributed by atoms with Gasteiger partial charge in [0.25, 0.3) is 5.91 Å². The molecule has 1 aromatic rings. The molecule has 1 aliphatic carbocycles. The molecular formula is C16H21FN2O2. The largest absolute Gasteiger partial charge is 0.484 e. The molecule has 0 unspecified atom stereocenters. The van der Waals surface area contributed by atoms with E-state index in [-0.39, 0.29) is 18.3 Å². The average Bonchev–Trinajstić information content (AvgIpc) is 3.30. The molecule has 0 N–H and O–H groups in total.